The molecule has 0 radical (unpaired) electrons. The van der Waals surface area contributed by atoms with Gasteiger partial charge in [0.05, 0.1) is 11.9 Å². The lowest BCUT2D eigenvalue weighted by Gasteiger charge is -2.27. The second kappa shape index (κ2) is 8.48. The van der Waals surface area contributed by atoms with Gasteiger partial charge in [-0.3, -0.25) is 14.4 Å². The van der Waals surface area contributed by atoms with E-state index in [-0.39, 0.29) is 16.1 Å². The van der Waals surface area contributed by atoms with Gasteiger partial charge in [-0.05, 0) is 19.1 Å². The number of hydrogen-bond acceptors (Lipinski definition) is 7. The standard InChI is InChI=1S/C15H18F2N4O3S3/c1-8(2)25-15-20-19-14(26-15)18-13(22)9(3)21(27(4,23)24)10-5-6-11(16)12(17)7-10/h5-9H,1-4H3,(H,18,19,22)/t9-/m1/s1. The molecule has 0 spiro atoms. The van der Waals surface area contributed by atoms with Crippen LogP contribution in [0.1, 0.15) is 20.8 Å². The average Bonchev–Trinajstić information content (AvgIpc) is 2.95. The van der Waals surface area contributed by atoms with Crippen LogP contribution < -0.4 is 9.62 Å². The van der Waals surface area contributed by atoms with Crippen molar-refractivity contribution in [3.8, 4) is 0 Å². The molecule has 1 heterocycles. The third kappa shape index (κ3) is 5.59. The van der Waals surface area contributed by atoms with Gasteiger partial charge >= 0.3 is 0 Å². The summed E-state index contributed by atoms with van der Waals surface area (Å²) in [6.45, 7) is 5.30. The number of aromatic nitrogens is 2. The van der Waals surface area contributed by atoms with Gasteiger partial charge < -0.3 is 0 Å². The highest BCUT2D eigenvalue weighted by Gasteiger charge is 2.30. The summed E-state index contributed by atoms with van der Waals surface area (Å²) in [6, 6.07) is 1.39. The Kier molecular flexibility index (Phi) is 6.76. The van der Waals surface area contributed by atoms with Gasteiger partial charge in [-0.2, -0.15) is 0 Å². The van der Waals surface area contributed by atoms with Crippen LogP contribution in [0, 0.1) is 11.6 Å². The van der Waals surface area contributed by atoms with Crippen molar-refractivity contribution in [1.29, 1.82) is 0 Å². The number of rotatable bonds is 7. The largest absolute Gasteiger partial charge is 0.299 e. The summed E-state index contributed by atoms with van der Waals surface area (Å²) in [7, 11) is -3.95. The smallest absolute Gasteiger partial charge is 0.249 e. The number of amides is 1. The molecule has 148 valence electrons. The molecule has 2 rings (SSSR count). The average molecular weight is 437 g/mol. The summed E-state index contributed by atoms with van der Waals surface area (Å²) in [6.07, 6.45) is 0.875. The number of nitrogens with one attached hydrogen (secondary N) is 1. The highest BCUT2D eigenvalue weighted by Crippen LogP contribution is 2.29. The quantitative estimate of drug-likeness (QED) is 0.530. The second-order valence-electron chi connectivity index (χ2n) is 5.86. The number of carbonyl (C=O) groups excluding carboxylic acids is 1. The number of sulfonamides is 1. The molecule has 0 bridgehead atoms. The Balaban J connectivity index is 2.24. The Labute approximate surface area is 164 Å². The van der Waals surface area contributed by atoms with E-state index < -0.39 is 33.6 Å². The van der Waals surface area contributed by atoms with Crippen LogP contribution in [0.2, 0.25) is 0 Å². The lowest BCUT2D eigenvalue weighted by molar-refractivity contribution is -0.116. The molecule has 1 aromatic carbocycles. The molecule has 0 fully saturated rings. The third-order valence-electron chi connectivity index (χ3n) is 3.22. The molecule has 0 unspecified atom stereocenters. The predicted molar refractivity (Wildman–Crippen MR) is 103 cm³/mol. The second-order valence-corrected chi connectivity index (χ2v) is 10.5. The Hall–Kier alpha value is -1.79. The van der Waals surface area contributed by atoms with Gasteiger partial charge in [-0.1, -0.05) is 36.9 Å². The van der Waals surface area contributed by atoms with Crippen molar-refractivity contribution >= 4 is 49.8 Å². The first-order valence-electron chi connectivity index (χ1n) is 7.74. The molecule has 0 aliphatic carbocycles. The van der Waals surface area contributed by atoms with Crippen molar-refractivity contribution in [3.05, 3.63) is 29.8 Å². The van der Waals surface area contributed by atoms with Crippen molar-refractivity contribution in [1.82, 2.24) is 10.2 Å². The molecule has 27 heavy (non-hydrogen) atoms. The van der Waals surface area contributed by atoms with Crippen molar-refractivity contribution in [2.75, 3.05) is 15.9 Å². The molecule has 0 saturated carbocycles. The molecule has 1 N–H and O–H groups in total. The Morgan fingerprint density at radius 1 is 1.22 bits per heavy atom. The van der Waals surface area contributed by atoms with Gasteiger partial charge in [0.25, 0.3) is 0 Å². The summed E-state index contributed by atoms with van der Waals surface area (Å²) in [5.41, 5.74) is -0.160. The zero-order valence-corrected chi connectivity index (χ0v) is 17.4. The maximum Gasteiger partial charge on any atom is 0.249 e. The fourth-order valence-electron chi connectivity index (χ4n) is 2.15. The van der Waals surface area contributed by atoms with E-state index in [1.54, 1.807) is 0 Å². The number of carbonyl (C=O) groups is 1. The molecular formula is C15H18F2N4O3S3. The molecule has 1 aromatic heterocycles. The molecule has 2 aromatic rings. The summed E-state index contributed by atoms with van der Waals surface area (Å²) in [5.74, 6) is -3.01. The van der Waals surface area contributed by atoms with E-state index in [4.69, 9.17) is 0 Å². The molecule has 12 heteroatoms. The van der Waals surface area contributed by atoms with Gasteiger partial charge in [-0.25, -0.2) is 17.2 Å². The molecule has 0 aliphatic heterocycles. The minimum Gasteiger partial charge on any atom is -0.299 e. The van der Waals surface area contributed by atoms with Crippen molar-refractivity contribution < 1.29 is 22.0 Å². The highest BCUT2D eigenvalue weighted by atomic mass is 32.2. The van der Waals surface area contributed by atoms with E-state index in [0.717, 1.165) is 40.1 Å². The summed E-state index contributed by atoms with van der Waals surface area (Å²) in [4.78, 5) is 12.5. The Bertz CT molecular complexity index is 934. The maximum atomic E-state index is 13.5. The SMILES string of the molecule is CC(C)Sc1nnc(NC(=O)[C@@H](C)N(c2ccc(F)c(F)c2)S(C)(=O)=O)s1. The van der Waals surface area contributed by atoms with Crippen LogP contribution in [-0.4, -0.2) is 42.1 Å². The van der Waals surface area contributed by atoms with E-state index in [2.05, 4.69) is 15.5 Å². The summed E-state index contributed by atoms with van der Waals surface area (Å²) in [5, 5.41) is 10.8. The van der Waals surface area contributed by atoms with E-state index in [1.165, 1.54) is 18.7 Å². The van der Waals surface area contributed by atoms with Gasteiger partial charge in [-0.15, -0.1) is 10.2 Å². The highest BCUT2D eigenvalue weighted by molar-refractivity contribution is 8.01. The zero-order chi connectivity index (χ0) is 20.4. The van der Waals surface area contributed by atoms with Crippen LogP contribution >= 0.6 is 23.1 Å². The maximum absolute atomic E-state index is 13.5. The topological polar surface area (TPSA) is 92.3 Å². The lowest BCUT2D eigenvalue weighted by Crippen LogP contribution is -2.45. The fourth-order valence-corrected chi connectivity index (χ4v) is 5.30. The number of thioether (sulfide) groups is 1. The van der Waals surface area contributed by atoms with Crippen LogP contribution in [-0.2, 0) is 14.8 Å². The minimum absolute atomic E-state index is 0.160. The molecule has 0 aliphatic rings. The lowest BCUT2D eigenvalue weighted by atomic mass is 10.2. The number of hydrogen-bond donors (Lipinski definition) is 1. The normalized spacial score (nSPS) is 12.9. The Morgan fingerprint density at radius 2 is 1.89 bits per heavy atom. The molecule has 1 amide bonds. The van der Waals surface area contributed by atoms with E-state index >= 15 is 0 Å². The number of benzene rings is 1. The summed E-state index contributed by atoms with van der Waals surface area (Å²) < 4.78 is 52.4. The summed E-state index contributed by atoms with van der Waals surface area (Å²) >= 11 is 2.63. The van der Waals surface area contributed by atoms with Crippen LogP contribution in [0.15, 0.2) is 22.5 Å². The fraction of sp³-hybridized carbons (Fsp3) is 0.400. The first-order valence-corrected chi connectivity index (χ1v) is 11.3. The van der Waals surface area contributed by atoms with Crippen LogP contribution in [0.3, 0.4) is 0 Å². The molecular weight excluding hydrogens is 418 g/mol. The molecule has 7 nitrogen and oxygen atoms in total. The van der Waals surface area contributed by atoms with E-state index in [0.29, 0.717) is 4.34 Å². The van der Waals surface area contributed by atoms with E-state index in [1.807, 2.05) is 13.8 Å². The van der Waals surface area contributed by atoms with Crippen LogP contribution in [0.4, 0.5) is 19.6 Å². The monoisotopic (exact) mass is 436 g/mol. The van der Waals surface area contributed by atoms with Gasteiger partial charge in [0.1, 0.15) is 6.04 Å². The van der Waals surface area contributed by atoms with Crippen LogP contribution in [0.25, 0.3) is 0 Å². The van der Waals surface area contributed by atoms with Gasteiger partial charge in [0.2, 0.25) is 21.1 Å². The Morgan fingerprint density at radius 3 is 2.44 bits per heavy atom. The van der Waals surface area contributed by atoms with Gasteiger partial charge in [0, 0.05) is 11.3 Å². The zero-order valence-electron chi connectivity index (χ0n) is 14.9. The third-order valence-corrected chi connectivity index (χ3v) is 6.39. The van der Waals surface area contributed by atoms with Crippen molar-refractivity contribution in [2.24, 2.45) is 0 Å². The predicted octanol–water partition coefficient (Wildman–Crippen LogP) is 3.11. The van der Waals surface area contributed by atoms with Crippen molar-refractivity contribution in [3.63, 3.8) is 0 Å². The molecule has 1 atom stereocenters. The van der Waals surface area contributed by atoms with E-state index in [9.17, 15) is 22.0 Å². The first-order chi connectivity index (χ1) is 12.5. The van der Waals surface area contributed by atoms with Crippen molar-refractivity contribution in [2.45, 2.75) is 36.4 Å². The first kappa shape index (κ1) is 21.5. The number of halogens is 2. The molecule has 0 saturated heterocycles. The number of nitrogens with zero attached hydrogens (tertiary/aromatic N) is 3. The minimum atomic E-state index is -3.95. The van der Waals surface area contributed by atoms with Gasteiger partial charge in [0.15, 0.2) is 16.0 Å². The number of anilines is 2. The van der Waals surface area contributed by atoms with Crippen LogP contribution in [0.5, 0.6) is 0 Å².